The van der Waals surface area contributed by atoms with E-state index in [2.05, 4.69) is 20.9 Å². The van der Waals surface area contributed by atoms with E-state index >= 15 is 0 Å². The number of amides is 2. The van der Waals surface area contributed by atoms with Crippen LogP contribution in [0.5, 0.6) is 0 Å². The molecule has 1 saturated carbocycles. The molecule has 1 aromatic carbocycles. The molecule has 0 radical (unpaired) electrons. The number of piperazine rings is 1. The van der Waals surface area contributed by atoms with Crippen LogP contribution in [0.15, 0.2) is 29.3 Å². The molecule has 0 atom stereocenters. The summed E-state index contributed by atoms with van der Waals surface area (Å²) in [4.78, 5) is 30.1. The maximum Gasteiger partial charge on any atom is 0.254 e. The molecule has 0 unspecified atom stereocenters. The molecule has 0 bridgehead atoms. The van der Waals surface area contributed by atoms with E-state index < -0.39 is 0 Å². The Kier molecular flexibility index (Phi) is 11.4. The number of hydrogen-bond acceptors (Lipinski definition) is 4. The molecule has 1 saturated heterocycles. The monoisotopic (exact) mass is 571 g/mol. The van der Waals surface area contributed by atoms with Crippen LogP contribution in [0, 0.1) is 5.41 Å². The van der Waals surface area contributed by atoms with E-state index in [4.69, 9.17) is 4.74 Å². The van der Waals surface area contributed by atoms with Crippen LogP contribution in [0.2, 0.25) is 0 Å². The molecule has 3 N–H and O–H groups in total. The van der Waals surface area contributed by atoms with Gasteiger partial charge in [0.2, 0.25) is 5.91 Å². The number of carbonyl (C=O) groups excluding carboxylic acids is 2. The molecule has 33 heavy (non-hydrogen) atoms. The summed E-state index contributed by atoms with van der Waals surface area (Å²) in [5.41, 5.74) is 1.96. The summed E-state index contributed by atoms with van der Waals surface area (Å²) in [7, 11) is 1.79. The molecule has 2 fully saturated rings. The molecule has 1 heterocycles. The Morgan fingerprint density at radius 2 is 1.94 bits per heavy atom. The van der Waals surface area contributed by atoms with Gasteiger partial charge in [-0.15, -0.1) is 24.0 Å². The summed E-state index contributed by atoms with van der Waals surface area (Å²) in [6.45, 7) is 6.31. The van der Waals surface area contributed by atoms with Crippen LogP contribution in [0.4, 0.5) is 0 Å². The highest BCUT2D eigenvalue weighted by Crippen LogP contribution is 2.40. The van der Waals surface area contributed by atoms with Gasteiger partial charge in [0.05, 0.1) is 6.54 Å². The van der Waals surface area contributed by atoms with Crippen molar-refractivity contribution in [3.8, 4) is 0 Å². The Labute approximate surface area is 214 Å². The number of nitrogens with zero attached hydrogens (tertiary/aromatic N) is 2. The van der Waals surface area contributed by atoms with Gasteiger partial charge >= 0.3 is 0 Å². The van der Waals surface area contributed by atoms with Crippen molar-refractivity contribution in [1.82, 2.24) is 20.9 Å². The number of rotatable bonds is 9. The van der Waals surface area contributed by atoms with Gasteiger partial charge in [0, 0.05) is 52.0 Å². The molecular weight excluding hydrogens is 533 g/mol. The van der Waals surface area contributed by atoms with E-state index in [1.54, 1.807) is 11.9 Å². The fraction of sp³-hybridized carbons (Fsp3) is 0.625. The van der Waals surface area contributed by atoms with Gasteiger partial charge in [-0.05, 0) is 49.3 Å². The quantitative estimate of drug-likeness (QED) is 0.183. The molecule has 1 aromatic rings. The maximum atomic E-state index is 12.6. The lowest BCUT2D eigenvalue weighted by Gasteiger charge is -2.30. The van der Waals surface area contributed by atoms with Crippen molar-refractivity contribution in [2.24, 2.45) is 10.4 Å². The molecule has 1 aliphatic heterocycles. The van der Waals surface area contributed by atoms with Gasteiger partial charge in [0.1, 0.15) is 0 Å². The fourth-order valence-corrected chi connectivity index (χ4v) is 4.51. The number of hydrogen-bond donors (Lipinski definition) is 3. The number of carbonyl (C=O) groups is 2. The Morgan fingerprint density at radius 1 is 1.21 bits per heavy atom. The standard InChI is InChI=1S/C24H37N5O3.HI/c1-3-32-15-12-24(10-4-5-11-24)18-28-23(25-2)27-16-19-6-8-20(9-7-19)22(31)29-14-13-26-21(30)17-29;/h6-9H,3-5,10-18H2,1-2H3,(H,26,30)(H2,25,27,28);1H. The van der Waals surface area contributed by atoms with Gasteiger partial charge in [0.25, 0.3) is 5.91 Å². The van der Waals surface area contributed by atoms with Gasteiger partial charge in [-0.3, -0.25) is 14.6 Å². The average molecular weight is 572 g/mol. The number of nitrogens with one attached hydrogen (secondary N) is 3. The van der Waals surface area contributed by atoms with Crippen LogP contribution in [0.3, 0.4) is 0 Å². The first-order valence-electron chi connectivity index (χ1n) is 11.7. The van der Waals surface area contributed by atoms with Gasteiger partial charge in [0.15, 0.2) is 5.96 Å². The Balaban J connectivity index is 0.00000385. The molecular formula is C24H38IN5O3. The Bertz CT molecular complexity index is 794. The summed E-state index contributed by atoms with van der Waals surface area (Å²) >= 11 is 0. The molecule has 2 amide bonds. The van der Waals surface area contributed by atoms with Crippen LogP contribution in [0.25, 0.3) is 0 Å². The third kappa shape index (κ3) is 8.13. The number of aliphatic imine (C=N–C) groups is 1. The first-order chi connectivity index (χ1) is 15.5. The van der Waals surface area contributed by atoms with Crippen molar-refractivity contribution >= 4 is 41.8 Å². The second kappa shape index (κ2) is 13.7. The average Bonchev–Trinajstić information content (AvgIpc) is 3.28. The molecule has 0 spiro atoms. The lowest BCUT2D eigenvalue weighted by molar-refractivity contribution is -0.123. The van der Waals surface area contributed by atoms with Crippen molar-refractivity contribution in [3.05, 3.63) is 35.4 Å². The molecule has 184 valence electrons. The predicted octanol–water partition coefficient (Wildman–Crippen LogP) is 2.53. The molecule has 1 aliphatic carbocycles. The largest absolute Gasteiger partial charge is 0.382 e. The van der Waals surface area contributed by atoms with Gasteiger partial charge in [-0.1, -0.05) is 25.0 Å². The van der Waals surface area contributed by atoms with Gasteiger partial charge in [-0.2, -0.15) is 0 Å². The van der Waals surface area contributed by atoms with E-state index in [9.17, 15) is 9.59 Å². The van der Waals surface area contributed by atoms with E-state index in [1.165, 1.54) is 25.7 Å². The topological polar surface area (TPSA) is 95.1 Å². The maximum absolute atomic E-state index is 12.6. The van der Waals surface area contributed by atoms with Crippen molar-refractivity contribution in [2.45, 2.75) is 45.6 Å². The minimum atomic E-state index is -0.110. The fourth-order valence-electron chi connectivity index (χ4n) is 4.51. The Hall–Kier alpha value is -1.88. The minimum Gasteiger partial charge on any atom is -0.382 e. The van der Waals surface area contributed by atoms with Crippen molar-refractivity contribution in [3.63, 3.8) is 0 Å². The zero-order valence-electron chi connectivity index (χ0n) is 19.8. The zero-order valence-corrected chi connectivity index (χ0v) is 22.2. The number of ether oxygens (including phenoxy) is 1. The number of benzene rings is 1. The highest BCUT2D eigenvalue weighted by molar-refractivity contribution is 14.0. The normalized spacial score (nSPS) is 17.8. The number of halogens is 1. The van der Waals surface area contributed by atoms with E-state index in [0.717, 1.165) is 37.7 Å². The van der Waals surface area contributed by atoms with Gasteiger partial charge in [-0.25, -0.2) is 0 Å². The SMILES string of the molecule is CCOCCC1(CNC(=NC)NCc2ccc(C(=O)N3CCNC(=O)C3)cc2)CCCC1.I. The molecule has 8 nitrogen and oxygen atoms in total. The van der Waals surface area contributed by atoms with E-state index in [1.807, 2.05) is 31.2 Å². The molecule has 0 aromatic heterocycles. The summed E-state index contributed by atoms with van der Waals surface area (Å²) < 4.78 is 5.61. The third-order valence-corrected chi connectivity index (χ3v) is 6.49. The Morgan fingerprint density at radius 3 is 2.58 bits per heavy atom. The van der Waals surface area contributed by atoms with Crippen molar-refractivity contribution in [1.29, 1.82) is 0 Å². The summed E-state index contributed by atoms with van der Waals surface area (Å²) in [5.74, 6) is 0.569. The van der Waals surface area contributed by atoms with Crippen LogP contribution in [-0.4, -0.2) is 69.1 Å². The summed E-state index contributed by atoms with van der Waals surface area (Å²) in [5, 5.41) is 9.62. The molecule has 9 heteroatoms. The molecule has 2 aliphatic rings. The van der Waals surface area contributed by atoms with Crippen LogP contribution < -0.4 is 16.0 Å². The van der Waals surface area contributed by atoms with Crippen molar-refractivity contribution in [2.75, 3.05) is 46.4 Å². The molecule has 3 rings (SSSR count). The van der Waals surface area contributed by atoms with Gasteiger partial charge < -0.3 is 25.6 Å². The lowest BCUT2D eigenvalue weighted by atomic mass is 9.83. The first kappa shape index (κ1) is 27.4. The smallest absolute Gasteiger partial charge is 0.254 e. The summed E-state index contributed by atoms with van der Waals surface area (Å²) in [6.07, 6.45) is 6.12. The summed E-state index contributed by atoms with van der Waals surface area (Å²) in [6, 6.07) is 7.53. The first-order valence-corrected chi connectivity index (χ1v) is 11.7. The highest BCUT2D eigenvalue weighted by Gasteiger charge is 2.33. The second-order valence-corrected chi connectivity index (χ2v) is 8.71. The van der Waals surface area contributed by atoms with Crippen LogP contribution in [0.1, 0.15) is 54.9 Å². The highest BCUT2D eigenvalue weighted by atomic mass is 127. The third-order valence-electron chi connectivity index (χ3n) is 6.49. The minimum absolute atomic E-state index is 0. The van der Waals surface area contributed by atoms with E-state index in [0.29, 0.717) is 30.6 Å². The zero-order chi connectivity index (χ0) is 22.8. The van der Waals surface area contributed by atoms with Crippen LogP contribution in [-0.2, 0) is 16.1 Å². The number of guanidine groups is 1. The van der Waals surface area contributed by atoms with E-state index in [-0.39, 0.29) is 42.3 Å². The second-order valence-electron chi connectivity index (χ2n) is 8.71. The predicted molar refractivity (Wildman–Crippen MR) is 141 cm³/mol. The lowest BCUT2D eigenvalue weighted by Crippen LogP contribution is -2.49. The van der Waals surface area contributed by atoms with Crippen molar-refractivity contribution < 1.29 is 14.3 Å². The van der Waals surface area contributed by atoms with Crippen LogP contribution >= 0.6 is 24.0 Å².